The Morgan fingerprint density at radius 1 is 0.917 bits per heavy atom. The maximum Gasteiger partial charge on any atom is 0.416 e. The van der Waals surface area contributed by atoms with Crippen LogP contribution in [0.5, 0.6) is 11.5 Å². The molecule has 0 aliphatic carbocycles. The van der Waals surface area contributed by atoms with Crippen molar-refractivity contribution in [2.75, 3.05) is 13.2 Å². The van der Waals surface area contributed by atoms with Gasteiger partial charge in [0.2, 0.25) is 5.89 Å². The Bertz CT molecular complexity index is 1290. The topological polar surface area (TPSA) is 102 Å². The minimum atomic E-state index is -1.13. The fourth-order valence-corrected chi connectivity index (χ4v) is 3.54. The predicted octanol–water partition coefficient (Wildman–Crippen LogP) is 5.36. The van der Waals surface area contributed by atoms with Gasteiger partial charge in [0.15, 0.2) is 0 Å². The van der Waals surface area contributed by atoms with Gasteiger partial charge in [-0.3, -0.25) is 9.69 Å². The van der Waals surface area contributed by atoms with Gasteiger partial charge in [-0.25, -0.2) is 9.78 Å². The summed E-state index contributed by atoms with van der Waals surface area (Å²) >= 11 is 0. The molecule has 0 radical (unpaired) electrons. The molecular formula is C28H26N2O6. The number of hydrogen-bond acceptors (Lipinski definition) is 6. The van der Waals surface area contributed by atoms with Gasteiger partial charge in [0.25, 0.3) is 0 Å². The van der Waals surface area contributed by atoms with Crippen LogP contribution >= 0.6 is 0 Å². The number of aliphatic carboxylic acids is 1. The van der Waals surface area contributed by atoms with Crippen LogP contribution in [0.25, 0.3) is 11.5 Å². The lowest BCUT2D eigenvalue weighted by Crippen LogP contribution is -2.37. The number of rotatable bonds is 10. The largest absolute Gasteiger partial charge is 0.493 e. The highest BCUT2D eigenvalue weighted by Gasteiger charge is 2.19. The molecule has 0 aliphatic rings. The average Bonchev–Trinajstić information content (AvgIpc) is 3.26. The molecule has 8 nitrogen and oxygen atoms in total. The molecule has 0 saturated heterocycles. The number of carboxylic acids is 1. The van der Waals surface area contributed by atoms with Gasteiger partial charge in [-0.15, -0.1) is 0 Å². The van der Waals surface area contributed by atoms with Gasteiger partial charge in [-0.05, 0) is 48.9 Å². The molecule has 0 atom stereocenters. The van der Waals surface area contributed by atoms with Crippen molar-refractivity contribution < 1.29 is 28.6 Å². The molecule has 0 fully saturated rings. The fourth-order valence-electron chi connectivity index (χ4n) is 3.54. The van der Waals surface area contributed by atoms with Crippen LogP contribution < -0.4 is 9.47 Å². The van der Waals surface area contributed by atoms with Gasteiger partial charge < -0.3 is 19.0 Å². The van der Waals surface area contributed by atoms with Crippen molar-refractivity contribution in [2.24, 2.45) is 0 Å². The molecule has 4 aromatic rings. The second-order valence-corrected chi connectivity index (χ2v) is 8.06. The van der Waals surface area contributed by atoms with E-state index in [0.29, 0.717) is 30.4 Å². The Labute approximate surface area is 208 Å². The van der Waals surface area contributed by atoms with E-state index in [-0.39, 0.29) is 6.54 Å². The van der Waals surface area contributed by atoms with Crippen LogP contribution in [0.1, 0.15) is 17.0 Å². The zero-order valence-electron chi connectivity index (χ0n) is 19.8. The molecule has 0 spiro atoms. The first-order valence-electron chi connectivity index (χ1n) is 11.4. The summed E-state index contributed by atoms with van der Waals surface area (Å²) in [5.41, 5.74) is 2.51. The van der Waals surface area contributed by atoms with Crippen molar-refractivity contribution in [2.45, 2.75) is 19.9 Å². The normalized spacial score (nSPS) is 10.6. The summed E-state index contributed by atoms with van der Waals surface area (Å²) in [5.74, 6) is 1.22. The molecule has 1 heterocycles. The molecule has 0 bridgehead atoms. The number of carbonyl (C=O) groups is 2. The Balaban J connectivity index is 1.32. The van der Waals surface area contributed by atoms with Crippen LogP contribution in [-0.2, 0) is 17.8 Å². The van der Waals surface area contributed by atoms with Crippen LogP contribution in [0, 0.1) is 6.92 Å². The van der Waals surface area contributed by atoms with Crippen molar-refractivity contribution in [3.05, 3.63) is 102 Å². The molecule has 8 heteroatoms. The summed E-state index contributed by atoms with van der Waals surface area (Å²) in [4.78, 5) is 29.5. The number of amides is 1. The Hall–Kier alpha value is -4.59. The first-order chi connectivity index (χ1) is 17.5. The second kappa shape index (κ2) is 11.7. The fraction of sp³-hybridized carbons (Fsp3) is 0.179. The van der Waals surface area contributed by atoms with E-state index in [9.17, 15) is 14.7 Å². The van der Waals surface area contributed by atoms with E-state index in [1.165, 1.54) is 0 Å². The molecule has 1 N–H and O–H groups in total. The highest BCUT2D eigenvalue weighted by atomic mass is 16.6. The molecular weight excluding hydrogens is 460 g/mol. The molecule has 36 heavy (non-hydrogen) atoms. The lowest BCUT2D eigenvalue weighted by molar-refractivity contribution is -0.138. The monoisotopic (exact) mass is 486 g/mol. The van der Waals surface area contributed by atoms with Crippen molar-refractivity contribution in [3.63, 3.8) is 0 Å². The predicted molar refractivity (Wildman–Crippen MR) is 133 cm³/mol. The third-order valence-corrected chi connectivity index (χ3v) is 5.35. The highest BCUT2D eigenvalue weighted by molar-refractivity contribution is 5.78. The SMILES string of the molecule is Cc1oc(-c2ccccc2)nc1CCOc1ccc(CN(CC(=O)O)C(=O)Oc2ccccc2)cc1. The number of hydrogen-bond donors (Lipinski definition) is 1. The third-order valence-electron chi connectivity index (χ3n) is 5.35. The molecule has 0 saturated carbocycles. The molecule has 1 aromatic heterocycles. The van der Waals surface area contributed by atoms with Crippen molar-refractivity contribution >= 4 is 12.1 Å². The zero-order chi connectivity index (χ0) is 25.3. The number of nitrogens with zero attached hydrogens (tertiary/aromatic N) is 2. The van der Waals surface area contributed by atoms with E-state index in [2.05, 4.69) is 4.98 Å². The van der Waals surface area contributed by atoms with E-state index >= 15 is 0 Å². The molecule has 3 aromatic carbocycles. The van der Waals surface area contributed by atoms with Gasteiger partial charge in [0, 0.05) is 18.5 Å². The van der Waals surface area contributed by atoms with E-state index in [0.717, 1.165) is 27.5 Å². The van der Waals surface area contributed by atoms with Crippen LogP contribution in [0.4, 0.5) is 4.79 Å². The quantitative estimate of drug-likeness (QED) is 0.322. The number of oxazole rings is 1. The van der Waals surface area contributed by atoms with E-state index < -0.39 is 18.6 Å². The average molecular weight is 487 g/mol. The maximum absolute atomic E-state index is 12.5. The van der Waals surface area contributed by atoms with Crippen molar-refractivity contribution in [3.8, 4) is 23.0 Å². The number of carbonyl (C=O) groups excluding carboxylic acids is 1. The summed E-state index contributed by atoms with van der Waals surface area (Å²) in [6.07, 6.45) is -0.150. The Morgan fingerprint density at radius 2 is 1.58 bits per heavy atom. The Kier molecular flexibility index (Phi) is 7.97. The Morgan fingerprint density at radius 3 is 2.25 bits per heavy atom. The minimum Gasteiger partial charge on any atom is -0.493 e. The van der Waals surface area contributed by atoms with Gasteiger partial charge in [-0.2, -0.15) is 0 Å². The number of aryl methyl sites for hydroxylation is 1. The van der Waals surface area contributed by atoms with Crippen LogP contribution in [0.15, 0.2) is 89.3 Å². The summed E-state index contributed by atoms with van der Waals surface area (Å²) in [6, 6.07) is 25.4. The van der Waals surface area contributed by atoms with Gasteiger partial charge in [0.1, 0.15) is 23.8 Å². The van der Waals surface area contributed by atoms with E-state index in [1.807, 2.05) is 37.3 Å². The maximum atomic E-state index is 12.5. The molecule has 184 valence electrons. The number of para-hydroxylation sites is 1. The highest BCUT2D eigenvalue weighted by Crippen LogP contribution is 2.22. The van der Waals surface area contributed by atoms with Crippen LogP contribution in [0.3, 0.4) is 0 Å². The second-order valence-electron chi connectivity index (χ2n) is 8.06. The van der Waals surface area contributed by atoms with Crippen LogP contribution in [-0.4, -0.2) is 40.2 Å². The van der Waals surface area contributed by atoms with Gasteiger partial charge >= 0.3 is 12.1 Å². The smallest absolute Gasteiger partial charge is 0.416 e. The summed E-state index contributed by atoms with van der Waals surface area (Å²) in [7, 11) is 0. The lowest BCUT2D eigenvalue weighted by atomic mass is 10.2. The standard InChI is InChI=1S/C28H26N2O6/c1-20-25(29-27(35-20)22-8-4-2-5-9-22)16-17-34-23-14-12-21(13-15-23)18-30(19-26(31)32)28(33)36-24-10-6-3-7-11-24/h2-15H,16-19H2,1H3,(H,31,32). The van der Waals surface area contributed by atoms with Gasteiger partial charge in [-0.1, -0.05) is 48.5 Å². The third kappa shape index (κ3) is 6.73. The number of carboxylic acid groups (broad SMARTS) is 1. The van der Waals surface area contributed by atoms with Crippen LogP contribution in [0.2, 0.25) is 0 Å². The first kappa shape index (κ1) is 24.5. The number of aromatic nitrogens is 1. The van der Waals surface area contributed by atoms with Gasteiger partial charge in [0.05, 0.1) is 12.3 Å². The summed E-state index contributed by atoms with van der Waals surface area (Å²) in [6.45, 7) is 1.90. The lowest BCUT2D eigenvalue weighted by Gasteiger charge is -2.20. The molecule has 1 amide bonds. The van der Waals surface area contributed by atoms with Crippen molar-refractivity contribution in [1.82, 2.24) is 9.88 Å². The van der Waals surface area contributed by atoms with E-state index in [4.69, 9.17) is 13.9 Å². The minimum absolute atomic E-state index is 0.0820. The summed E-state index contributed by atoms with van der Waals surface area (Å²) in [5, 5.41) is 9.22. The molecule has 0 unspecified atom stereocenters. The number of ether oxygens (including phenoxy) is 2. The summed E-state index contributed by atoms with van der Waals surface area (Å²) < 4.78 is 16.9. The molecule has 4 rings (SSSR count). The first-order valence-corrected chi connectivity index (χ1v) is 11.4. The molecule has 0 aliphatic heterocycles. The van der Waals surface area contributed by atoms with Crippen molar-refractivity contribution in [1.29, 1.82) is 0 Å². The number of benzene rings is 3. The van der Waals surface area contributed by atoms with E-state index in [1.54, 1.807) is 54.6 Å². The zero-order valence-corrected chi connectivity index (χ0v) is 19.8.